The Kier molecular flexibility index (Phi) is 6.10. The average molecular weight is 332 g/mol. The van der Waals surface area contributed by atoms with Crippen LogP contribution >= 0.6 is 0 Å². The van der Waals surface area contributed by atoms with E-state index in [1.807, 2.05) is 30.3 Å². The van der Waals surface area contributed by atoms with Crippen molar-refractivity contribution in [3.05, 3.63) is 35.9 Å². The van der Waals surface area contributed by atoms with Crippen molar-refractivity contribution in [1.82, 2.24) is 10.2 Å². The summed E-state index contributed by atoms with van der Waals surface area (Å²) in [5.41, 5.74) is 1.00. The molecule has 0 aliphatic heterocycles. The van der Waals surface area contributed by atoms with Crippen molar-refractivity contribution < 1.29 is 14.6 Å². The number of benzene rings is 1. The first kappa shape index (κ1) is 17.2. The third-order valence-corrected chi connectivity index (χ3v) is 5.07. The Labute approximate surface area is 144 Å². The molecule has 0 radical (unpaired) electrons. The number of carbonyl (C=O) groups excluding carboxylic acids is 1. The lowest BCUT2D eigenvalue weighted by Gasteiger charge is -2.37. The zero-order valence-corrected chi connectivity index (χ0v) is 14.2. The zero-order valence-electron chi connectivity index (χ0n) is 14.2. The summed E-state index contributed by atoms with van der Waals surface area (Å²) in [7, 11) is 0. The third kappa shape index (κ3) is 4.95. The summed E-state index contributed by atoms with van der Waals surface area (Å²) in [6.07, 6.45) is 6.35. The molecule has 5 nitrogen and oxygen atoms in total. The van der Waals surface area contributed by atoms with Crippen molar-refractivity contribution in [1.29, 1.82) is 0 Å². The van der Waals surface area contributed by atoms with Crippen molar-refractivity contribution in [3.8, 4) is 0 Å². The smallest absolute Gasteiger partial charge is 0.407 e. The van der Waals surface area contributed by atoms with Crippen LogP contribution in [0.25, 0.3) is 0 Å². The van der Waals surface area contributed by atoms with Gasteiger partial charge in [-0.3, -0.25) is 4.90 Å². The molecule has 2 aliphatic rings. The van der Waals surface area contributed by atoms with Crippen LogP contribution in [-0.2, 0) is 11.3 Å². The average Bonchev–Trinajstić information content (AvgIpc) is 3.45. The second-order valence-electron chi connectivity index (χ2n) is 6.90. The molecule has 2 N–H and O–H groups in total. The van der Waals surface area contributed by atoms with Gasteiger partial charge < -0.3 is 15.2 Å². The molecule has 0 unspecified atom stereocenters. The predicted molar refractivity (Wildman–Crippen MR) is 92.6 cm³/mol. The highest BCUT2D eigenvalue weighted by molar-refractivity contribution is 5.67. The number of aliphatic hydroxyl groups is 1. The van der Waals surface area contributed by atoms with Crippen molar-refractivity contribution in [3.63, 3.8) is 0 Å². The Hall–Kier alpha value is -1.59. The summed E-state index contributed by atoms with van der Waals surface area (Å²) in [5, 5.41) is 12.2. The van der Waals surface area contributed by atoms with E-state index in [-0.39, 0.29) is 18.7 Å². The van der Waals surface area contributed by atoms with Gasteiger partial charge >= 0.3 is 6.09 Å². The molecule has 2 aliphatic carbocycles. The Balaban J connectivity index is 1.37. The summed E-state index contributed by atoms with van der Waals surface area (Å²) >= 11 is 0. The second kappa shape index (κ2) is 8.49. The first-order chi connectivity index (χ1) is 11.8. The van der Waals surface area contributed by atoms with Crippen LogP contribution in [-0.4, -0.2) is 47.4 Å². The summed E-state index contributed by atoms with van der Waals surface area (Å²) in [5.74, 6) is 0. The van der Waals surface area contributed by atoms with Crippen LogP contribution < -0.4 is 5.32 Å². The van der Waals surface area contributed by atoms with Crippen LogP contribution in [0.1, 0.15) is 44.1 Å². The van der Waals surface area contributed by atoms with Gasteiger partial charge in [-0.25, -0.2) is 4.79 Å². The second-order valence-corrected chi connectivity index (χ2v) is 6.90. The number of aliphatic hydroxyl groups excluding tert-OH is 1. The van der Waals surface area contributed by atoms with E-state index in [4.69, 9.17) is 4.74 Å². The van der Waals surface area contributed by atoms with Crippen LogP contribution in [0.4, 0.5) is 4.79 Å². The van der Waals surface area contributed by atoms with Gasteiger partial charge in [0, 0.05) is 24.7 Å². The van der Waals surface area contributed by atoms with Gasteiger partial charge in [-0.15, -0.1) is 0 Å². The minimum absolute atomic E-state index is 0.208. The van der Waals surface area contributed by atoms with Gasteiger partial charge in [0.2, 0.25) is 0 Å². The number of hydrogen-bond donors (Lipinski definition) is 2. The zero-order chi connectivity index (χ0) is 16.8. The standard InChI is InChI=1S/C19H28N2O3/c22-13-12-21(18-10-11-18)17-8-6-16(7-9-17)20-19(23)24-14-15-4-2-1-3-5-15/h1-5,16-18,22H,6-14H2,(H,20,23). The van der Waals surface area contributed by atoms with Crippen molar-refractivity contribution >= 4 is 6.09 Å². The van der Waals surface area contributed by atoms with E-state index in [0.717, 1.165) is 37.8 Å². The largest absolute Gasteiger partial charge is 0.445 e. The molecule has 3 rings (SSSR count). The minimum Gasteiger partial charge on any atom is -0.445 e. The molecular weight excluding hydrogens is 304 g/mol. The van der Waals surface area contributed by atoms with E-state index in [9.17, 15) is 9.90 Å². The van der Waals surface area contributed by atoms with Crippen molar-refractivity contribution in [2.24, 2.45) is 0 Å². The number of alkyl carbamates (subject to hydrolysis) is 1. The van der Waals surface area contributed by atoms with E-state index in [0.29, 0.717) is 18.7 Å². The summed E-state index contributed by atoms with van der Waals surface area (Å²) in [6.45, 7) is 1.33. The fraction of sp³-hybridized carbons (Fsp3) is 0.632. The highest BCUT2D eigenvalue weighted by Gasteiger charge is 2.35. The van der Waals surface area contributed by atoms with Crippen molar-refractivity contribution in [2.75, 3.05) is 13.2 Å². The minimum atomic E-state index is -0.322. The van der Waals surface area contributed by atoms with E-state index >= 15 is 0 Å². The van der Waals surface area contributed by atoms with E-state index in [2.05, 4.69) is 10.2 Å². The molecule has 0 saturated heterocycles. The topological polar surface area (TPSA) is 61.8 Å². The molecule has 2 fully saturated rings. The maximum atomic E-state index is 11.9. The number of carbonyl (C=O) groups is 1. The Morgan fingerprint density at radius 3 is 2.29 bits per heavy atom. The monoisotopic (exact) mass is 332 g/mol. The number of hydrogen-bond acceptors (Lipinski definition) is 4. The van der Waals surface area contributed by atoms with Crippen LogP contribution in [0.15, 0.2) is 30.3 Å². The number of rotatable bonds is 7. The highest BCUT2D eigenvalue weighted by Crippen LogP contribution is 2.33. The van der Waals surface area contributed by atoms with Crippen LogP contribution in [0.2, 0.25) is 0 Å². The summed E-state index contributed by atoms with van der Waals surface area (Å²) in [4.78, 5) is 14.4. The fourth-order valence-corrected chi connectivity index (χ4v) is 3.67. The molecule has 1 aromatic carbocycles. The number of ether oxygens (including phenoxy) is 1. The first-order valence-electron chi connectivity index (χ1n) is 9.10. The first-order valence-corrected chi connectivity index (χ1v) is 9.10. The molecular formula is C19H28N2O3. The van der Waals surface area contributed by atoms with E-state index in [1.54, 1.807) is 0 Å². The van der Waals surface area contributed by atoms with Gasteiger partial charge in [0.25, 0.3) is 0 Å². The van der Waals surface area contributed by atoms with Gasteiger partial charge in [0.05, 0.1) is 6.61 Å². The van der Waals surface area contributed by atoms with Crippen LogP contribution in [0.5, 0.6) is 0 Å². The highest BCUT2D eigenvalue weighted by atomic mass is 16.5. The summed E-state index contributed by atoms with van der Waals surface area (Å²) in [6, 6.07) is 11.2. The molecule has 132 valence electrons. The van der Waals surface area contributed by atoms with Crippen LogP contribution in [0, 0.1) is 0 Å². The Bertz CT molecular complexity index is 511. The SMILES string of the molecule is O=C(NC1CCC(N(CCO)C2CC2)CC1)OCc1ccccc1. The molecule has 0 heterocycles. The molecule has 2 saturated carbocycles. The molecule has 0 aromatic heterocycles. The number of nitrogens with one attached hydrogen (secondary N) is 1. The maximum absolute atomic E-state index is 11.9. The molecule has 0 atom stereocenters. The number of nitrogens with zero attached hydrogens (tertiary/aromatic N) is 1. The molecule has 0 spiro atoms. The lowest BCUT2D eigenvalue weighted by molar-refractivity contribution is 0.102. The molecule has 1 aromatic rings. The fourth-order valence-electron chi connectivity index (χ4n) is 3.67. The number of amides is 1. The summed E-state index contributed by atoms with van der Waals surface area (Å²) < 4.78 is 5.30. The van der Waals surface area contributed by atoms with E-state index in [1.165, 1.54) is 12.8 Å². The van der Waals surface area contributed by atoms with Gasteiger partial charge in [0.1, 0.15) is 6.61 Å². The molecule has 5 heteroatoms. The molecule has 0 bridgehead atoms. The lowest BCUT2D eigenvalue weighted by atomic mass is 9.90. The van der Waals surface area contributed by atoms with Crippen molar-refractivity contribution in [2.45, 2.75) is 63.3 Å². The lowest BCUT2D eigenvalue weighted by Crippen LogP contribution is -2.45. The molecule has 1 amide bonds. The van der Waals surface area contributed by atoms with Gasteiger partial charge in [-0.05, 0) is 44.1 Å². The Morgan fingerprint density at radius 2 is 1.71 bits per heavy atom. The predicted octanol–water partition coefficient (Wildman–Crippen LogP) is 2.68. The molecule has 24 heavy (non-hydrogen) atoms. The maximum Gasteiger partial charge on any atom is 0.407 e. The Morgan fingerprint density at radius 1 is 1.08 bits per heavy atom. The third-order valence-electron chi connectivity index (χ3n) is 5.07. The quantitative estimate of drug-likeness (QED) is 0.806. The van der Waals surface area contributed by atoms with Gasteiger partial charge in [-0.1, -0.05) is 30.3 Å². The van der Waals surface area contributed by atoms with Gasteiger partial charge in [0.15, 0.2) is 0 Å². The van der Waals surface area contributed by atoms with Crippen LogP contribution in [0.3, 0.4) is 0 Å². The van der Waals surface area contributed by atoms with E-state index < -0.39 is 0 Å². The normalized spacial score (nSPS) is 23.9. The van der Waals surface area contributed by atoms with Gasteiger partial charge in [-0.2, -0.15) is 0 Å².